The molecule has 32 heavy (non-hydrogen) atoms. The fourth-order valence-electron chi connectivity index (χ4n) is 4.30. The molecule has 12 heteroatoms. The number of ether oxygens (including phenoxy) is 9. The fraction of sp³-hybridized carbons (Fsp3) is 0.850. The Morgan fingerprint density at radius 2 is 1.19 bits per heavy atom. The predicted octanol–water partition coefficient (Wildman–Crippen LogP) is 0.0442. The second kappa shape index (κ2) is 9.57. The lowest BCUT2D eigenvalue weighted by Crippen LogP contribution is -2.65. The summed E-state index contributed by atoms with van der Waals surface area (Å²) in [5, 5.41) is 0. The van der Waals surface area contributed by atoms with Crippen molar-refractivity contribution >= 4 is 17.9 Å². The zero-order chi connectivity index (χ0) is 23.8. The summed E-state index contributed by atoms with van der Waals surface area (Å²) in [6, 6.07) is 0. The molecule has 3 fully saturated rings. The van der Waals surface area contributed by atoms with Crippen LogP contribution in [0.3, 0.4) is 0 Å². The number of rotatable bonds is 6. The highest BCUT2D eigenvalue weighted by molar-refractivity contribution is 5.68. The Bertz CT molecular complexity index is 723. The van der Waals surface area contributed by atoms with Crippen LogP contribution in [0.4, 0.5) is 0 Å². The Hall–Kier alpha value is -1.83. The van der Waals surface area contributed by atoms with Gasteiger partial charge in [0.15, 0.2) is 36.7 Å². The smallest absolute Gasteiger partial charge is 0.303 e. The van der Waals surface area contributed by atoms with Crippen molar-refractivity contribution in [1.82, 2.24) is 0 Å². The van der Waals surface area contributed by atoms with Gasteiger partial charge in [0.05, 0.1) is 0 Å². The first-order valence-electron chi connectivity index (χ1n) is 10.2. The second-order valence-corrected chi connectivity index (χ2v) is 8.20. The van der Waals surface area contributed by atoms with Crippen LogP contribution in [0.15, 0.2) is 0 Å². The minimum atomic E-state index is -1.23. The van der Waals surface area contributed by atoms with Crippen LogP contribution in [0.2, 0.25) is 0 Å². The fourth-order valence-corrected chi connectivity index (χ4v) is 4.30. The number of esters is 3. The summed E-state index contributed by atoms with van der Waals surface area (Å²) < 4.78 is 51.0. The molecule has 0 bridgehead atoms. The number of carbonyl (C=O) groups excluding carboxylic acids is 3. The molecule has 3 heterocycles. The van der Waals surface area contributed by atoms with Crippen LogP contribution < -0.4 is 0 Å². The van der Waals surface area contributed by atoms with Gasteiger partial charge in [-0.25, -0.2) is 0 Å². The number of hydrogen-bond donors (Lipinski definition) is 0. The van der Waals surface area contributed by atoms with Gasteiger partial charge >= 0.3 is 17.9 Å². The average Bonchev–Trinajstić information content (AvgIpc) is 3.14. The van der Waals surface area contributed by atoms with Crippen LogP contribution in [0.5, 0.6) is 0 Å². The number of fused-ring (bicyclic) bond motifs is 1. The standard InChI is InChI=1S/C20H30O12/c1-8(21)26-13-14(12-11(24-6)17-19(30-12)32-20(4,5)31-17)29-18(25-7)16(28-10(3)23)15(13)27-9(2)22/h11-19H,1-7H3/t11-,12-,13-,14+,15+,16+,17+,18+,19+/m0/s1. The summed E-state index contributed by atoms with van der Waals surface area (Å²) in [6.07, 6.45) is -8.71. The lowest BCUT2D eigenvalue weighted by Gasteiger charge is -2.46. The molecule has 3 saturated heterocycles. The maximum Gasteiger partial charge on any atom is 0.303 e. The molecule has 3 rings (SSSR count). The SMILES string of the molecule is CO[C@@H]1O[C@H]([C@H]2O[C@@H]3OC(C)(C)O[C@@H]3[C@H]2OC)[C@H](OC(C)=O)[C@@H](OC(C)=O)[C@H]1OC(C)=O. The summed E-state index contributed by atoms with van der Waals surface area (Å²) in [6.45, 7) is 7.05. The maximum absolute atomic E-state index is 11.9. The summed E-state index contributed by atoms with van der Waals surface area (Å²) in [4.78, 5) is 35.5. The van der Waals surface area contributed by atoms with Crippen LogP contribution in [-0.2, 0) is 57.0 Å². The van der Waals surface area contributed by atoms with E-state index in [0.717, 1.165) is 0 Å². The first kappa shape index (κ1) is 24.8. The van der Waals surface area contributed by atoms with Gasteiger partial charge in [-0.05, 0) is 13.8 Å². The van der Waals surface area contributed by atoms with E-state index in [1.54, 1.807) is 13.8 Å². The molecular weight excluding hydrogens is 432 g/mol. The summed E-state index contributed by atoms with van der Waals surface area (Å²) >= 11 is 0. The Kier molecular flexibility index (Phi) is 7.42. The van der Waals surface area contributed by atoms with E-state index in [1.807, 2.05) is 0 Å². The van der Waals surface area contributed by atoms with Crippen LogP contribution in [0, 0.1) is 0 Å². The molecule has 0 unspecified atom stereocenters. The lowest BCUT2D eigenvalue weighted by atomic mass is 9.91. The van der Waals surface area contributed by atoms with Crippen molar-refractivity contribution in [3.05, 3.63) is 0 Å². The molecule has 0 aromatic carbocycles. The van der Waals surface area contributed by atoms with Gasteiger partial charge in [0, 0.05) is 35.0 Å². The Morgan fingerprint density at radius 1 is 0.656 bits per heavy atom. The third kappa shape index (κ3) is 5.05. The third-order valence-electron chi connectivity index (χ3n) is 5.29. The van der Waals surface area contributed by atoms with E-state index >= 15 is 0 Å². The molecule has 0 aliphatic carbocycles. The zero-order valence-electron chi connectivity index (χ0n) is 19.1. The van der Waals surface area contributed by atoms with E-state index in [1.165, 1.54) is 35.0 Å². The van der Waals surface area contributed by atoms with E-state index in [2.05, 4.69) is 0 Å². The van der Waals surface area contributed by atoms with Crippen LogP contribution in [0.25, 0.3) is 0 Å². The molecule has 182 valence electrons. The molecule has 0 aromatic heterocycles. The van der Waals surface area contributed by atoms with E-state index in [-0.39, 0.29) is 0 Å². The highest BCUT2D eigenvalue weighted by Gasteiger charge is 2.62. The first-order chi connectivity index (χ1) is 15.0. The lowest BCUT2D eigenvalue weighted by molar-refractivity contribution is -0.323. The van der Waals surface area contributed by atoms with Crippen molar-refractivity contribution in [2.75, 3.05) is 14.2 Å². The maximum atomic E-state index is 11.9. The summed E-state index contributed by atoms with van der Waals surface area (Å²) in [5.74, 6) is -2.89. The molecular formula is C20H30O12. The zero-order valence-corrected chi connectivity index (χ0v) is 19.1. The minimum absolute atomic E-state index is 0.582. The Labute approximate surface area is 185 Å². The van der Waals surface area contributed by atoms with E-state index < -0.39 is 79.0 Å². The van der Waals surface area contributed by atoms with Crippen LogP contribution in [0.1, 0.15) is 34.6 Å². The predicted molar refractivity (Wildman–Crippen MR) is 102 cm³/mol. The molecule has 0 N–H and O–H groups in total. The second-order valence-electron chi connectivity index (χ2n) is 8.20. The third-order valence-corrected chi connectivity index (χ3v) is 5.29. The highest BCUT2D eigenvalue weighted by Crippen LogP contribution is 2.42. The average molecular weight is 462 g/mol. The molecule has 3 aliphatic heterocycles. The molecule has 0 spiro atoms. The number of methoxy groups -OCH3 is 2. The molecule has 0 aromatic rings. The van der Waals surface area contributed by atoms with Crippen molar-refractivity contribution in [1.29, 1.82) is 0 Å². The molecule has 3 aliphatic rings. The van der Waals surface area contributed by atoms with Crippen LogP contribution >= 0.6 is 0 Å². The van der Waals surface area contributed by atoms with Crippen molar-refractivity contribution in [2.45, 2.75) is 95.7 Å². The first-order valence-corrected chi connectivity index (χ1v) is 10.2. The Balaban J connectivity index is 1.96. The quantitative estimate of drug-likeness (QED) is 0.390. The van der Waals surface area contributed by atoms with Crippen molar-refractivity contribution < 1.29 is 57.0 Å². The van der Waals surface area contributed by atoms with Crippen molar-refractivity contribution in [2.24, 2.45) is 0 Å². The minimum Gasteiger partial charge on any atom is -0.456 e. The molecule has 12 nitrogen and oxygen atoms in total. The van der Waals surface area contributed by atoms with Gasteiger partial charge in [0.2, 0.25) is 0 Å². The van der Waals surface area contributed by atoms with Crippen LogP contribution in [-0.4, -0.2) is 93.2 Å². The van der Waals surface area contributed by atoms with Crippen molar-refractivity contribution in [3.63, 3.8) is 0 Å². The van der Waals surface area contributed by atoms with Gasteiger partial charge in [-0.2, -0.15) is 0 Å². The largest absolute Gasteiger partial charge is 0.456 e. The van der Waals surface area contributed by atoms with Gasteiger partial charge < -0.3 is 42.6 Å². The van der Waals surface area contributed by atoms with Gasteiger partial charge in [0.1, 0.15) is 24.4 Å². The van der Waals surface area contributed by atoms with E-state index in [0.29, 0.717) is 0 Å². The van der Waals surface area contributed by atoms with Gasteiger partial charge in [-0.1, -0.05) is 0 Å². The Morgan fingerprint density at radius 3 is 1.72 bits per heavy atom. The monoisotopic (exact) mass is 462 g/mol. The highest BCUT2D eigenvalue weighted by atomic mass is 16.8. The van der Waals surface area contributed by atoms with Gasteiger partial charge in [0.25, 0.3) is 0 Å². The molecule has 0 radical (unpaired) electrons. The van der Waals surface area contributed by atoms with Crippen molar-refractivity contribution in [3.8, 4) is 0 Å². The van der Waals surface area contributed by atoms with Gasteiger partial charge in [-0.3, -0.25) is 14.4 Å². The topological polar surface area (TPSA) is 134 Å². The molecule has 0 saturated carbocycles. The van der Waals surface area contributed by atoms with E-state index in [9.17, 15) is 14.4 Å². The summed E-state index contributed by atoms with van der Waals surface area (Å²) in [7, 11) is 2.81. The molecule has 9 atom stereocenters. The van der Waals surface area contributed by atoms with Gasteiger partial charge in [-0.15, -0.1) is 0 Å². The van der Waals surface area contributed by atoms with E-state index in [4.69, 9.17) is 42.6 Å². The summed E-state index contributed by atoms with van der Waals surface area (Å²) in [5.41, 5.74) is 0. The number of hydrogen-bond acceptors (Lipinski definition) is 12. The molecule has 0 amide bonds. The normalized spacial score (nSPS) is 40.4. The number of carbonyl (C=O) groups is 3.